The minimum atomic E-state index is -0.174. The number of nitrogens with two attached hydrogens (primary N) is 1. The Balaban J connectivity index is 3.46. The molecule has 0 saturated carbocycles. The Morgan fingerprint density at radius 2 is 2.50 bits per heavy atom. The van der Waals surface area contributed by atoms with Gasteiger partial charge in [0.25, 0.3) is 0 Å². The second-order valence-corrected chi connectivity index (χ2v) is 2.49. The van der Waals surface area contributed by atoms with Gasteiger partial charge in [-0.1, -0.05) is 22.9 Å². The van der Waals surface area contributed by atoms with Gasteiger partial charge in [-0.2, -0.15) is 0 Å². The maximum Gasteiger partial charge on any atom is 0.247 e. The molecule has 4 heteroatoms. The summed E-state index contributed by atoms with van der Waals surface area (Å²) in [6, 6.07) is 0. The number of hydrogen-bond donors (Lipinski definition) is 2. The first-order valence-electron chi connectivity index (χ1n) is 2.37. The molecule has 0 bridgehead atoms. The van der Waals surface area contributed by atoms with E-state index in [1.54, 1.807) is 0 Å². The predicted molar refractivity (Wildman–Crippen MR) is 35.3 cm³/mol. The Kier molecular flexibility index (Phi) is 3.81. The highest BCUT2D eigenvalue weighted by Gasteiger charge is 2.08. The first kappa shape index (κ1) is 7.91. The van der Waals surface area contributed by atoms with E-state index in [0.29, 0.717) is 0 Å². The summed E-state index contributed by atoms with van der Waals surface area (Å²) in [5.74, 6) is 4.65. The standard InChI is InChI=1S/C4H9BrN2O/c1-2-3(5)4(8)7-6/h3H,2,6H2,1H3,(H,7,8). The maximum absolute atomic E-state index is 10.5. The number of hydrogen-bond acceptors (Lipinski definition) is 2. The van der Waals surface area contributed by atoms with Gasteiger partial charge in [0, 0.05) is 0 Å². The number of halogens is 1. The third kappa shape index (κ3) is 2.28. The summed E-state index contributed by atoms with van der Waals surface area (Å²) in [5, 5.41) is 0. The molecule has 0 radical (unpaired) electrons. The first-order chi connectivity index (χ1) is 3.72. The Hall–Kier alpha value is -0.0900. The minimum absolute atomic E-state index is 0.146. The second kappa shape index (κ2) is 3.86. The Bertz CT molecular complexity index is 86.1. The molecule has 0 fully saturated rings. The zero-order chi connectivity index (χ0) is 6.57. The van der Waals surface area contributed by atoms with Crippen LogP contribution >= 0.6 is 15.9 Å². The van der Waals surface area contributed by atoms with Crippen LogP contribution in [0.2, 0.25) is 0 Å². The summed E-state index contributed by atoms with van der Waals surface area (Å²) in [7, 11) is 0. The SMILES string of the molecule is CCC(Br)C(=O)NN. The van der Waals surface area contributed by atoms with Crippen molar-refractivity contribution < 1.29 is 4.79 Å². The lowest BCUT2D eigenvalue weighted by Gasteiger charge is -2.01. The van der Waals surface area contributed by atoms with Crippen LogP contribution in [0.5, 0.6) is 0 Å². The average molecular weight is 181 g/mol. The lowest BCUT2D eigenvalue weighted by atomic mass is 10.3. The molecule has 1 amide bonds. The van der Waals surface area contributed by atoms with E-state index in [-0.39, 0.29) is 10.7 Å². The third-order valence-corrected chi connectivity index (χ3v) is 1.85. The summed E-state index contributed by atoms with van der Waals surface area (Å²) < 4.78 is 0. The molecule has 0 aromatic carbocycles. The number of amides is 1. The van der Waals surface area contributed by atoms with Crippen molar-refractivity contribution in [2.75, 3.05) is 0 Å². The molecule has 0 spiro atoms. The van der Waals surface area contributed by atoms with E-state index < -0.39 is 0 Å². The van der Waals surface area contributed by atoms with Gasteiger partial charge in [-0.15, -0.1) is 0 Å². The number of hydrazine groups is 1. The summed E-state index contributed by atoms with van der Waals surface area (Å²) >= 11 is 3.11. The van der Waals surface area contributed by atoms with E-state index in [9.17, 15) is 4.79 Å². The van der Waals surface area contributed by atoms with Gasteiger partial charge in [0.05, 0.1) is 4.83 Å². The smallest absolute Gasteiger partial charge is 0.247 e. The lowest BCUT2D eigenvalue weighted by molar-refractivity contribution is -0.120. The average Bonchev–Trinajstić information content (AvgIpc) is 1.84. The molecule has 0 saturated heterocycles. The van der Waals surface area contributed by atoms with Crippen LogP contribution in [0.4, 0.5) is 0 Å². The molecule has 0 heterocycles. The van der Waals surface area contributed by atoms with Crippen molar-refractivity contribution in [3.8, 4) is 0 Å². The van der Waals surface area contributed by atoms with Crippen molar-refractivity contribution in [2.45, 2.75) is 18.2 Å². The normalized spacial score (nSPS) is 12.9. The summed E-state index contributed by atoms with van der Waals surface area (Å²) in [4.78, 5) is 10.3. The van der Waals surface area contributed by atoms with E-state index in [1.807, 2.05) is 12.3 Å². The molecule has 0 aliphatic heterocycles. The molecular weight excluding hydrogens is 172 g/mol. The van der Waals surface area contributed by atoms with Gasteiger partial charge in [-0.05, 0) is 6.42 Å². The molecule has 0 aliphatic carbocycles. The molecule has 3 nitrogen and oxygen atoms in total. The summed E-state index contributed by atoms with van der Waals surface area (Å²) in [6.07, 6.45) is 0.753. The van der Waals surface area contributed by atoms with E-state index in [0.717, 1.165) is 6.42 Å². The van der Waals surface area contributed by atoms with Crippen molar-refractivity contribution >= 4 is 21.8 Å². The highest BCUT2D eigenvalue weighted by molar-refractivity contribution is 9.10. The Labute approximate surface area is 56.7 Å². The molecule has 1 unspecified atom stereocenters. The monoisotopic (exact) mass is 180 g/mol. The molecule has 48 valence electrons. The third-order valence-electron chi connectivity index (χ3n) is 0.785. The lowest BCUT2D eigenvalue weighted by Crippen LogP contribution is -2.35. The zero-order valence-corrected chi connectivity index (χ0v) is 6.23. The van der Waals surface area contributed by atoms with Crippen LogP contribution in [0.3, 0.4) is 0 Å². The van der Waals surface area contributed by atoms with E-state index >= 15 is 0 Å². The van der Waals surface area contributed by atoms with E-state index in [4.69, 9.17) is 5.84 Å². The van der Waals surface area contributed by atoms with Crippen molar-refractivity contribution in [3.05, 3.63) is 0 Å². The molecule has 3 N–H and O–H groups in total. The highest BCUT2D eigenvalue weighted by Crippen LogP contribution is 2.01. The predicted octanol–water partition coefficient (Wildman–Crippen LogP) is 0.150. The zero-order valence-electron chi connectivity index (χ0n) is 4.65. The number of carbonyl (C=O) groups excluding carboxylic acids is 1. The fraction of sp³-hybridized carbons (Fsp3) is 0.750. The van der Waals surface area contributed by atoms with E-state index in [2.05, 4.69) is 15.9 Å². The number of carbonyl (C=O) groups is 1. The van der Waals surface area contributed by atoms with Crippen LogP contribution in [-0.4, -0.2) is 10.7 Å². The van der Waals surface area contributed by atoms with Gasteiger partial charge in [0.1, 0.15) is 0 Å². The number of rotatable bonds is 2. The Morgan fingerprint density at radius 3 is 2.62 bits per heavy atom. The topological polar surface area (TPSA) is 55.1 Å². The molecule has 0 aromatic rings. The van der Waals surface area contributed by atoms with Crippen LogP contribution in [0.25, 0.3) is 0 Å². The van der Waals surface area contributed by atoms with Crippen LogP contribution in [-0.2, 0) is 4.79 Å². The van der Waals surface area contributed by atoms with Gasteiger partial charge in [0.15, 0.2) is 0 Å². The largest absolute Gasteiger partial charge is 0.293 e. The Morgan fingerprint density at radius 1 is 2.00 bits per heavy atom. The molecule has 0 rings (SSSR count). The van der Waals surface area contributed by atoms with Gasteiger partial charge < -0.3 is 0 Å². The van der Waals surface area contributed by atoms with Gasteiger partial charge >= 0.3 is 0 Å². The highest BCUT2D eigenvalue weighted by atomic mass is 79.9. The number of alkyl halides is 1. The quantitative estimate of drug-likeness (QED) is 0.275. The molecular formula is C4H9BrN2O. The van der Waals surface area contributed by atoms with Crippen molar-refractivity contribution in [3.63, 3.8) is 0 Å². The van der Waals surface area contributed by atoms with Crippen LogP contribution in [0.1, 0.15) is 13.3 Å². The minimum Gasteiger partial charge on any atom is -0.293 e. The van der Waals surface area contributed by atoms with Crippen molar-refractivity contribution in [1.29, 1.82) is 0 Å². The molecule has 8 heavy (non-hydrogen) atoms. The maximum atomic E-state index is 10.5. The second-order valence-electron chi connectivity index (χ2n) is 1.38. The molecule has 1 atom stereocenters. The van der Waals surface area contributed by atoms with Crippen LogP contribution in [0, 0.1) is 0 Å². The van der Waals surface area contributed by atoms with Crippen LogP contribution < -0.4 is 11.3 Å². The fourth-order valence-electron chi connectivity index (χ4n) is 0.276. The summed E-state index contributed by atoms with van der Waals surface area (Å²) in [6.45, 7) is 1.90. The molecule has 0 aliphatic rings. The van der Waals surface area contributed by atoms with Gasteiger partial charge in [-0.3, -0.25) is 10.2 Å². The van der Waals surface area contributed by atoms with E-state index in [1.165, 1.54) is 0 Å². The fourth-order valence-corrected chi connectivity index (χ4v) is 0.408. The molecule has 0 aromatic heterocycles. The van der Waals surface area contributed by atoms with Gasteiger partial charge in [0.2, 0.25) is 5.91 Å². The first-order valence-corrected chi connectivity index (χ1v) is 3.28. The van der Waals surface area contributed by atoms with Crippen molar-refractivity contribution in [1.82, 2.24) is 5.43 Å². The van der Waals surface area contributed by atoms with Crippen LogP contribution in [0.15, 0.2) is 0 Å². The van der Waals surface area contributed by atoms with Crippen molar-refractivity contribution in [2.24, 2.45) is 5.84 Å². The van der Waals surface area contributed by atoms with Gasteiger partial charge in [-0.25, -0.2) is 5.84 Å². The number of nitrogens with one attached hydrogen (secondary N) is 1. The summed E-state index contributed by atoms with van der Waals surface area (Å²) in [5.41, 5.74) is 2.03.